The summed E-state index contributed by atoms with van der Waals surface area (Å²) >= 11 is 0. The molecule has 1 unspecified atom stereocenters. The standard InChI is InChI=1S/C17H25NO2/c1-12-14-7-5-6-8-15(14)20-16(12)13(2)18-11-17(3,4)9-10-19/h5-8,13,18-19H,9-11H2,1-4H3. The van der Waals surface area contributed by atoms with E-state index in [0.717, 1.165) is 24.3 Å². The molecule has 3 nitrogen and oxygen atoms in total. The van der Waals surface area contributed by atoms with Gasteiger partial charge in [-0.05, 0) is 37.3 Å². The summed E-state index contributed by atoms with van der Waals surface area (Å²) in [6, 6.07) is 8.31. The molecule has 0 radical (unpaired) electrons. The van der Waals surface area contributed by atoms with Crippen molar-refractivity contribution in [1.82, 2.24) is 5.32 Å². The second-order valence-corrected chi connectivity index (χ2v) is 6.33. The molecule has 0 saturated heterocycles. The van der Waals surface area contributed by atoms with Gasteiger partial charge in [0.05, 0.1) is 6.04 Å². The van der Waals surface area contributed by atoms with Crippen LogP contribution >= 0.6 is 0 Å². The van der Waals surface area contributed by atoms with Crippen molar-refractivity contribution < 1.29 is 9.52 Å². The van der Waals surface area contributed by atoms with Crippen molar-refractivity contribution in [1.29, 1.82) is 0 Å². The Balaban J connectivity index is 2.11. The number of aryl methyl sites for hydroxylation is 1. The average molecular weight is 275 g/mol. The van der Waals surface area contributed by atoms with Crippen LogP contribution in [0.1, 0.15) is 44.6 Å². The maximum Gasteiger partial charge on any atom is 0.134 e. The van der Waals surface area contributed by atoms with Crippen LogP contribution in [0.3, 0.4) is 0 Å². The molecule has 0 aliphatic heterocycles. The van der Waals surface area contributed by atoms with E-state index in [9.17, 15) is 0 Å². The third kappa shape index (κ3) is 3.22. The van der Waals surface area contributed by atoms with Gasteiger partial charge in [0.25, 0.3) is 0 Å². The number of hydrogen-bond acceptors (Lipinski definition) is 3. The maximum absolute atomic E-state index is 9.08. The topological polar surface area (TPSA) is 45.4 Å². The predicted molar refractivity (Wildman–Crippen MR) is 82.9 cm³/mol. The molecule has 0 aliphatic rings. The molecule has 0 spiro atoms. The summed E-state index contributed by atoms with van der Waals surface area (Å²) in [5.41, 5.74) is 2.24. The minimum absolute atomic E-state index is 0.0862. The lowest BCUT2D eigenvalue weighted by molar-refractivity contribution is 0.202. The fourth-order valence-corrected chi connectivity index (χ4v) is 2.52. The number of fused-ring (bicyclic) bond motifs is 1. The highest BCUT2D eigenvalue weighted by molar-refractivity contribution is 5.82. The molecule has 0 bridgehead atoms. The lowest BCUT2D eigenvalue weighted by atomic mass is 9.89. The first-order valence-corrected chi connectivity index (χ1v) is 7.27. The van der Waals surface area contributed by atoms with Crippen LogP contribution in [-0.4, -0.2) is 18.3 Å². The highest BCUT2D eigenvalue weighted by Gasteiger charge is 2.21. The van der Waals surface area contributed by atoms with Crippen LogP contribution in [0.5, 0.6) is 0 Å². The summed E-state index contributed by atoms with van der Waals surface area (Å²) in [6.45, 7) is 9.64. The average Bonchev–Trinajstić information content (AvgIpc) is 2.74. The molecule has 0 fully saturated rings. The zero-order valence-corrected chi connectivity index (χ0v) is 12.9. The zero-order chi connectivity index (χ0) is 14.8. The first kappa shape index (κ1) is 15.1. The Hall–Kier alpha value is -1.32. The Bertz CT molecular complexity index is 571. The van der Waals surface area contributed by atoms with Gasteiger partial charge in [0.2, 0.25) is 0 Å². The molecule has 110 valence electrons. The summed E-state index contributed by atoms with van der Waals surface area (Å²) < 4.78 is 5.97. The molecule has 20 heavy (non-hydrogen) atoms. The van der Waals surface area contributed by atoms with E-state index in [-0.39, 0.29) is 18.1 Å². The molecule has 0 aliphatic carbocycles. The Morgan fingerprint density at radius 2 is 2.00 bits per heavy atom. The van der Waals surface area contributed by atoms with Gasteiger partial charge in [-0.1, -0.05) is 32.0 Å². The number of nitrogens with one attached hydrogen (secondary N) is 1. The Morgan fingerprint density at radius 1 is 1.30 bits per heavy atom. The highest BCUT2D eigenvalue weighted by atomic mass is 16.3. The SMILES string of the molecule is Cc1c(C(C)NCC(C)(C)CCO)oc2ccccc12. The van der Waals surface area contributed by atoms with Crippen LogP contribution in [0.15, 0.2) is 28.7 Å². The molecule has 3 heteroatoms. The van der Waals surface area contributed by atoms with E-state index >= 15 is 0 Å². The summed E-state index contributed by atoms with van der Waals surface area (Å²) in [5.74, 6) is 1.01. The van der Waals surface area contributed by atoms with E-state index in [1.54, 1.807) is 0 Å². The number of furan rings is 1. The van der Waals surface area contributed by atoms with Crippen molar-refractivity contribution in [3.63, 3.8) is 0 Å². The Morgan fingerprint density at radius 3 is 2.65 bits per heavy atom. The molecule has 1 heterocycles. The molecule has 1 atom stereocenters. The third-order valence-electron chi connectivity index (χ3n) is 3.95. The van der Waals surface area contributed by atoms with Crippen LogP contribution in [0.2, 0.25) is 0 Å². The highest BCUT2D eigenvalue weighted by Crippen LogP contribution is 2.29. The molecule has 2 rings (SSSR count). The molecule has 0 saturated carbocycles. The first-order chi connectivity index (χ1) is 9.44. The van der Waals surface area contributed by atoms with E-state index in [1.807, 2.05) is 18.2 Å². The lowest BCUT2D eigenvalue weighted by Gasteiger charge is -2.26. The molecule has 2 N–H and O–H groups in total. The first-order valence-electron chi connectivity index (χ1n) is 7.27. The molecule has 1 aromatic heterocycles. The van der Waals surface area contributed by atoms with Gasteiger partial charge in [0.15, 0.2) is 0 Å². The second kappa shape index (κ2) is 5.98. The van der Waals surface area contributed by atoms with E-state index in [1.165, 1.54) is 10.9 Å². The maximum atomic E-state index is 9.08. The van der Waals surface area contributed by atoms with Crippen molar-refractivity contribution >= 4 is 11.0 Å². The third-order valence-corrected chi connectivity index (χ3v) is 3.95. The number of para-hydroxylation sites is 1. The van der Waals surface area contributed by atoms with Crippen LogP contribution in [-0.2, 0) is 0 Å². The summed E-state index contributed by atoms with van der Waals surface area (Å²) in [7, 11) is 0. The van der Waals surface area contributed by atoms with E-state index < -0.39 is 0 Å². The predicted octanol–water partition coefficient (Wildman–Crippen LogP) is 3.80. The van der Waals surface area contributed by atoms with Gasteiger partial charge in [0.1, 0.15) is 11.3 Å². The lowest BCUT2D eigenvalue weighted by Crippen LogP contribution is -2.32. The van der Waals surface area contributed by atoms with E-state index in [0.29, 0.717) is 0 Å². The Kier molecular flexibility index (Phi) is 4.51. The monoisotopic (exact) mass is 275 g/mol. The van der Waals surface area contributed by atoms with Crippen molar-refractivity contribution in [2.75, 3.05) is 13.2 Å². The van der Waals surface area contributed by atoms with E-state index in [2.05, 4.69) is 39.1 Å². The van der Waals surface area contributed by atoms with Gasteiger partial charge in [-0.2, -0.15) is 0 Å². The fourth-order valence-electron chi connectivity index (χ4n) is 2.52. The second-order valence-electron chi connectivity index (χ2n) is 6.33. The number of rotatable bonds is 6. The molecule has 0 amide bonds. The fraction of sp³-hybridized carbons (Fsp3) is 0.529. The van der Waals surface area contributed by atoms with Gasteiger partial charge in [-0.25, -0.2) is 0 Å². The summed E-state index contributed by atoms with van der Waals surface area (Å²) in [6.07, 6.45) is 0.797. The van der Waals surface area contributed by atoms with Crippen LogP contribution in [0.25, 0.3) is 11.0 Å². The normalized spacial score (nSPS) is 13.8. The largest absolute Gasteiger partial charge is 0.459 e. The van der Waals surface area contributed by atoms with Crippen molar-refractivity contribution in [3.8, 4) is 0 Å². The quantitative estimate of drug-likeness (QED) is 0.843. The number of aliphatic hydroxyl groups is 1. The van der Waals surface area contributed by atoms with E-state index in [4.69, 9.17) is 9.52 Å². The smallest absolute Gasteiger partial charge is 0.134 e. The molecule has 1 aromatic carbocycles. The number of benzene rings is 1. The van der Waals surface area contributed by atoms with Gasteiger partial charge in [-0.3, -0.25) is 0 Å². The van der Waals surface area contributed by atoms with Crippen molar-refractivity contribution in [2.24, 2.45) is 5.41 Å². The van der Waals surface area contributed by atoms with Crippen molar-refractivity contribution in [2.45, 2.75) is 40.2 Å². The number of hydrogen-bond donors (Lipinski definition) is 2. The minimum Gasteiger partial charge on any atom is -0.459 e. The minimum atomic E-state index is 0.0862. The van der Waals surface area contributed by atoms with Crippen LogP contribution < -0.4 is 5.32 Å². The zero-order valence-electron chi connectivity index (χ0n) is 12.9. The summed E-state index contributed by atoms with van der Waals surface area (Å²) in [5, 5.41) is 13.8. The van der Waals surface area contributed by atoms with Gasteiger partial charge >= 0.3 is 0 Å². The van der Waals surface area contributed by atoms with Crippen LogP contribution in [0, 0.1) is 12.3 Å². The van der Waals surface area contributed by atoms with Gasteiger partial charge in [-0.15, -0.1) is 0 Å². The molecular formula is C17H25NO2. The molecule has 2 aromatic rings. The number of aliphatic hydroxyl groups excluding tert-OH is 1. The van der Waals surface area contributed by atoms with Gasteiger partial charge < -0.3 is 14.8 Å². The summed E-state index contributed by atoms with van der Waals surface area (Å²) in [4.78, 5) is 0. The molecular weight excluding hydrogens is 250 g/mol. The van der Waals surface area contributed by atoms with Crippen molar-refractivity contribution in [3.05, 3.63) is 35.6 Å². The Labute approximate surface area is 121 Å². The van der Waals surface area contributed by atoms with Crippen LogP contribution in [0.4, 0.5) is 0 Å². The van der Waals surface area contributed by atoms with Gasteiger partial charge in [0, 0.05) is 18.5 Å².